The van der Waals surface area contributed by atoms with E-state index in [2.05, 4.69) is 46.9 Å². The molecular formula is C16H29BrN4. The molecule has 5 heteroatoms. The van der Waals surface area contributed by atoms with E-state index in [9.17, 15) is 0 Å². The maximum absolute atomic E-state index is 6.72. The third-order valence-corrected chi connectivity index (χ3v) is 6.30. The van der Waals surface area contributed by atoms with Crippen molar-refractivity contribution in [2.75, 3.05) is 14.1 Å². The molecule has 0 aromatic carbocycles. The summed E-state index contributed by atoms with van der Waals surface area (Å²) in [6.07, 6.45) is 5.86. The topological polar surface area (TPSA) is 47.1 Å². The smallest absolute Gasteiger partial charge is 0.0738 e. The Hall–Kier alpha value is -0.390. The molecule has 0 amide bonds. The van der Waals surface area contributed by atoms with E-state index in [0.717, 1.165) is 22.5 Å². The molecule has 21 heavy (non-hydrogen) atoms. The number of aryl methyl sites for hydroxylation is 2. The van der Waals surface area contributed by atoms with Crippen LogP contribution >= 0.6 is 15.9 Å². The second-order valence-electron chi connectivity index (χ2n) is 6.98. The molecule has 3 unspecified atom stereocenters. The van der Waals surface area contributed by atoms with Gasteiger partial charge in [0.2, 0.25) is 0 Å². The lowest BCUT2D eigenvalue weighted by Gasteiger charge is -2.49. The van der Waals surface area contributed by atoms with Crippen molar-refractivity contribution in [2.45, 2.75) is 57.5 Å². The molecule has 0 bridgehead atoms. The summed E-state index contributed by atoms with van der Waals surface area (Å²) in [7, 11) is 6.37. The predicted molar refractivity (Wildman–Crippen MR) is 91.4 cm³/mol. The highest BCUT2D eigenvalue weighted by Gasteiger charge is 2.42. The van der Waals surface area contributed by atoms with Gasteiger partial charge in [-0.15, -0.1) is 0 Å². The number of nitrogens with zero attached hydrogens (tertiary/aromatic N) is 3. The van der Waals surface area contributed by atoms with E-state index >= 15 is 0 Å². The van der Waals surface area contributed by atoms with E-state index < -0.39 is 0 Å². The molecule has 1 heterocycles. The molecule has 2 rings (SSSR count). The number of nitrogens with two attached hydrogens (primary N) is 1. The van der Waals surface area contributed by atoms with Crippen molar-refractivity contribution in [3.63, 3.8) is 0 Å². The van der Waals surface area contributed by atoms with Gasteiger partial charge < -0.3 is 10.6 Å². The van der Waals surface area contributed by atoms with E-state index in [-0.39, 0.29) is 11.6 Å². The molecule has 1 fully saturated rings. The van der Waals surface area contributed by atoms with Gasteiger partial charge in [-0.25, -0.2) is 0 Å². The molecule has 1 aliphatic rings. The highest BCUT2D eigenvalue weighted by molar-refractivity contribution is 9.10. The number of likely N-dealkylation sites (N-methyl/N-ethyl adjacent to an activating group) is 1. The summed E-state index contributed by atoms with van der Waals surface area (Å²) in [5.41, 5.74) is 9.07. The minimum Gasteiger partial charge on any atom is -0.326 e. The summed E-state index contributed by atoms with van der Waals surface area (Å²) in [4.78, 5) is 2.37. The quantitative estimate of drug-likeness (QED) is 0.901. The Kier molecular flexibility index (Phi) is 5.16. The lowest BCUT2D eigenvalue weighted by molar-refractivity contribution is 0.0498. The first-order chi connectivity index (χ1) is 9.78. The van der Waals surface area contributed by atoms with Gasteiger partial charge in [-0.05, 0) is 55.7 Å². The van der Waals surface area contributed by atoms with Crippen LogP contribution in [-0.4, -0.2) is 40.4 Å². The monoisotopic (exact) mass is 356 g/mol. The fraction of sp³-hybridized carbons (Fsp3) is 0.812. The average molecular weight is 357 g/mol. The van der Waals surface area contributed by atoms with Crippen LogP contribution in [0.5, 0.6) is 0 Å². The zero-order chi connectivity index (χ0) is 15.8. The van der Waals surface area contributed by atoms with Crippen molar-refractivity contribution in [3.05, 3.63) is 15.9 Å². The Morgan fingerprint density at radius 3 is 2.67 bits per heavy atom. The third kappa shape index (κ3) is 3.20. The Balaban J connectivity index is 2.25. The van der Waals surface area contributed by atoms with Crippen molar-refractivity contribution in [3.8, 4) is 0 Å². The number of aromatic nitrogens is 2. The summed E-state index contributed by atoms with van der Waals surface area (Å²) in [6.45, 7) is 4.39. The number of halogens is 1. The molecule has 0 saturated heterocycles. The Morgan fingerprint density at radius 2 is 2.19 bits per heavy atom. The van der Waals surface area contributed by atoms with Crippen LogP contribution in [0.25, 0.3) is 0 Å². The molecule has 0 aliphatic heterocycles. The minimum absolute atomic E-state index is 0.106. The van der Waals surface area contributed by atoms with Gasteiger partial charge in [0.05, 0.1) is 15.9 Å². The van der Waals surface area contributed by atoms with Crippen LogP contribution in [0, 0.1) is 12.8 Å². The number of hydrogen-bond donors (Lipinski definition) is 1. The van der Waals surface area contributed by atoms with Gasteiger partial charge >= 0.3 is 0 Å². The summed E-state index contributed by atoms with van der Waals surface area (Å²) in [5, 5.41) is 4.49. The van der Waals surface area contributed by atoms with Crippen LogP contribution in [0.1, 0.15) is 44.0 Å². The van der Waals surface area contributed by atoms with Gasteiger partial charge in [0, 0.05) is 25.0 Å². The summed E-state index contributed by atoms with van der Waals surface area (Å²) in [6, 6.07) is 0.126. The van der Waals surface area contributed by atoms with E-state index in [1.807, 2.05) is 18.7 Å². The molecule has 120 valence electrons. The van der Waals surface area contributed by atoms with Gasteiger partial charge in [0.1, 0.15) is 0 Å². The van der Waals surface area contributed by atoms with Crippen molar-refractivity contribution in [1.82, 2.24) is 14.7 Å². The van der Waals surface area contributed by atoms with Crippen LogP contribution in [0.15, 0.2) is 4.47 Å². The molecular weight excluding hydrogens is 328 g/mol. The Labute approximate surface area is 137 Å². The molecule has 1 aromatic heterocycles. The van der Waals surface area contributed by atoms with Crippen molar-refractivity contribution >= 4 is 15.9 Å². The van der Waals surface area contributed by atoms with Crippen LogP contribution in [-0.2, 0) is 13.5 Å². The zero-order valence-electron chi connectivity index (χ0n) is 14.0. The first kappa shape index (κ1) is 17.0. The highest BCUT2D eigenvalue weighted by atomic mass is 79.9. The number of rotatable bonds is 4. The van der Waals surface area contributed by atoms with E-state index in [4.69, 9.17) is 5.73 Å². The standard InChI is InChI=1S/C16H29BrN4/c1-11-7-6-8-16(10-11,20(3)4)14(18)9-13-15(17)12(2)19-21(13)5/h11,14H,6-10,18H2,1-5H3. The van der Waals surface area contributed by atoms with Crippen LogP contribution < -0.4 is 5.73 Å². The van der Waals surface area contributed by atoms with Crippen LogP contribution in [0.2, 0.25) is 0 Å². The normalized spacial score (nSPS) is 28.1. The minimum atomic E-state index is 0.106. The maximum Gasteiger partial charge on any atom is 0.0738 e. The zero-order valence-corrected chi connectivity index (χ0v) is 15.6. The summed E-state index contributed by atoms with van der Waals surface area (Å²) in [5.74, 6) is 0.754. The Morgan fingerprint density at radius 1 is 1.52 bits per heavy atom. The molecule has 1 aliphatic carbocycles. The van der Waals surface area contributed by atoms with Crippen LogP contribution in [0.3, 0.4) is 0 Å². The molecule has 4 nitrogen and oxygen atoms in total. The van der Waals surface area contributed by atoms with Gasteiger partial charge in [0.25, 0.3) is 0 Å². The molecule has 3 atom stereocenters. The lowest BCUT2D eigenvalue weighted by Crippen LogP contribution is -2.60. The fourth-order valence-electron chi connectivity index (χ4n) is 3.94. The molecule has 0 radical (unpaired) electrons. The van der Waals surface area contributed by atoms with Gasteiger partial charge in [-0.2, -0.15) is 5.10 Å². The third-order valence-electron chi connectivity index (χ3n) is 5.26. The Bertz CT molecular complexity index is 497. The highest BCUT2D eigenvalue weighted by Crippen LogP contribution is 2.39. The average Bonchev–Trinajstić information content (AvgIpc) is 2.65. The van der Waals surface area contributed by atoms with Gasteiger partial charge in [-0.1, -0.05) is 19.8 Å². The van der Waals surface area contributed by atoms with Crippen molar-refractivity contribution < 1.29 is 0 Å². The first-order valence-corrected chi connectivity index (χ1v) is 8.68. The molecule has 1 saturated carbocycles. The maximum atomic E-state index is 6.72. The van der Waals surface area contributed by atoms with E-state index in [1.54, 1.807) is 0 Å². The number of hydrogen-bond acceptors (Lipinski definition) is 3. The molecule has 2 N–H and O–H groups in total. The lowest BCUT2D eigenvalue weighted by atomic mass is 9.70. The van der Waals surface area contributed by atoms with Crippen molar-refractivity contribution in [2.24, 2.45) is 18.7 Å². The SMILES string of the molecule is Cc1nn(C)c(CC(N)C2(N(C)C)CCCC(C)C2)c1Br. The fourth-order valence-corrected chi connectivity index (χ4v) is 4.44. The summed E-state index contributed by atoms with van der Waals surface area (Å²) >= 11 is 3.67. The molecule has 0 spiro atoms. The van der Waals surface area contributed by atoms with Crippen molar-refractivity contribution in [1.29, 1.82) is 0 Å². The van der Waals surface area contributed by atoms with Gasteiger partial charge in [-0.3, -0.25) is 4.68 Å². The first-order valence-electron chi connectivity index (χ1n) is 7.89. The second kappa shape index (κ2) is 6.39. The largest absolute Gasteiger partial charge is 0.326 e. The predicted octanol–water partition coefficient (Wildman–Crippen LogP) is 2.87. The van der Waals surface area contributed by atoms with E-state index in [0.29, 0.717) is 0 Å². The van der Waals surface area contributed by atoms with Gasteiger partial charge in [0.15, 0.2) is 0 Å². The molecule has 1 aromatic rings. The van der Waals surface area contributed by atoms with Crippen LogP contribution in [0.4, 0.5) is 0 Å². The van der Waals surface area contributed by atoms with E-state index in [1.165, 1.54) is 31.4 Å². The second-order valence-corrected chi connectivity index (χ2v) is 7.77. The summed E-state index contributed by atoms with van der Waals surface area (Å²) < 4.78 is 3.08.